The van der Waals surface area contributed by atoms with Crippen LogP contribution in [0.25, 0.3) is 0 Å². The summed E-state index contributed by atoms with van der Waals surface area (Å²) in [6, 6.07) is 0. The van der Waals surface area contributed by atoms with E-state index in [2.05, 4.69) is 0 Å². The summed E-state index contributed by atoms with van der Waals surface area (Å²) in [5.74, 6) is 0.284. The van der Waals surface area contributed by atoms with Crippen molar-refractivity contribution < 1.29 is 19.5 Å². The Kier molecular flexibility index (Phi) is 4.51. The molecule has 2 N–H and O–H groups in total. The van der Waals surface area contributed by atoms with Crippen molar-refractivity contribution in [1.29, 1.82) is 0 Å². The van der Waals surface area contributed by atoms with Gasteiger partial charge < -0.3 is 10.2 Å². The van der Waals surface area contributed by atoms with Crippen molar-refractivity contribution in [2.45, 2.75) is 25.7 Å². The molecule has 0 aliphatic carbocycles. The average molecular weight is 202 g/mol. The van der Waals surface area contributed by atoms with Gasteiger partial charge in [0.1, 0.15) is 0 Å². The third-order valence-corrected chi connectivity index (χ3v) is 2.99. The highest BCUT2D eigenvalue weighted by molar-refractivity contribution is 5.70. The molecule has 0 aromatic carbocycles. The fraction of sp³-hybridized carbons (Fsp3) is 0.900. The summed E-state index contributed by atoms with van der Waals surface area (Å²) in [6.07, 6.45) is 2.97. The molecule has 0 bridgehead atoms. The van der Waals surface area contributed by atoms with Crippen molar-refractivity contribution in [2.24, 2.45) is 0 Å². The SMILES string of the molecule is O=C1CCC[N+]1(CCCO)CCCO. The van der Waals surface area contributed by atoms with Gasteiger partial charge in [-0.3, -0.25) is 4.48 Å². The lowest BCUT2D eigenvalue weighted by Crippen LogP contribution is -2.50. The molecule has 0 spiro atoms. The van der Waals surface area contributed by atoms with Crippen LogP contribution in [0.2, 0.25) is 0 Å². The Bertz CT molecular complexity index is 186. The number of carbonyl (C=O) groups excluding carboxylic acids is 1. The molecule has 1 amide bonds. The van der Waals surface area contributed by atoms with Crippen LogP contribution in [0.5, 0.6) is 0 Å². The second-order valence-corrected chi connectivity index (χ2v) is 3.97. The first-order valence-electron chi connectivity index (χ1n) is 5.36. The first kappa shape index (κ1) is 11.6. The van der Waals surface area contributed by atoms with Gasteiger partial charge in [-0.15, -0.1) is 0 Å². The van der Waals surface area contributed by atoms with Gasteiger partial charge in [-0.05, 0) is 0 Å². The highest BCUT2D eigenvalue weighted by Gasteiger charge is 2.39. The van der Waals surface area contributed by atoms with Crippen LogP contribution in [0.1, 0.15) is 25.7 Å². The van der Waals surface area contributed by atoms with E-state index in [1.807, 2.05) is 0 Å². The molecule has 1 heterocycles. The lowest BCUT2D eigenvalue weighted by molar-refractivity contribution is -0.847. The summed E-state index contributed by atoms with van der Waals surface area (Å²) in [5.41, 5.74) is 0. The molecule has 1 fully saturated rings. The van der Waals surface area contributed by atoms with E-state index < -0.39 is 0 Å². The van der Waals surface area contributed by atoms with Crippen molar-refractivity contribution in [3.05, 3.63) is 0 Å². The molecular weight excluding hydrogens is 182 g/mol. The van der Waals surface area contributed by atoms with Crippen LogP contribution in [-0.2, 0) is 4.79 Å². The molecule has 4 nitrogen and oxygen atoms in total. The molecule has 1 aliphatic rings. The summed E-state index contributed by atoms with van der Waals surface area (Å²) in [7, 11) is 0. The fourth-order valence-electron chi connectivity index (χ4n) is 2.23. The predicted octanol–water partition coefficient (Wildman–Crippen LogP) is -0.112. The van der Waals surface area contributed by atoms with Crippen LogP contribution in [0, 0.1) is 0 Å². The van der Waals surface area contributed by atoms with E-state index in [0.29, 0.717) is 23.7 Å². The van der Waals surface area contributed by atoms with Gasteiger partial charge in [0.05, 0.1) is 26.1 Å². The number of aliphatic hydroxyl groups excluding tert-OH is 2. The minimum Gasteiger partial charge on any atom is -0.396 e. The molecule has 0 radical (unpaired) electrons. The highest BCUT2D eigenvalue weighted by Crippen LogP contribution is 2.22. The molecule has 82 valence electrons. The molecular formula is C10H20NO3+. The van der Waals surface area contributed by atoms with E-state index in [0.717, 1.165) is 26.1 Å². The Morgan fingerprint density at radius 2 is 1.71 bits per heavy atom. The molecule has 0 atom stereocenters. The van der Waals surface area contributed by atoms with Gasteiger partial charge in [-0.25, -0.2) is 4.79 Å². The van der Waals surface area contributed by atoms with Crippen LogP contribution in [-0.4, -0.2) is 53.5 Å². The van der Waals surface area contributed by atoms with Crippen molar-refractivity contribution >= 4 is 5.91 Å². The maximum Gasteiger partial charge on any atom is 0.313 e. The summed E-state index contributed by atoms with van der Waals surface area (Å²) in [4.78, 5) is 11.7. The van der Waals surface area contributed by atoms with Gasteiger partial charge in [0, 0.05) is 32.5 Å². The first-order valence-corrected chi connectivity index (χ1v) is 5.36. The summed E-state index contributed by atoms with van der Waals surface area (Å²) in [6.45, 7) is 2.64. The third kappa shape index (κ3) is 2.53. The monoisotopic (exact) mass is 202 g/mol. The van der Waals surface area contributed by atoms with Gasteiger partial charge in [-0.1, -0.05) is 0 Å². The number of rotatable bonds is 6. The van der Waals surface area contributed by atoms with Crippen molar-refractivity contribution in [1.82, 2.24) is 0 Å². The Morgan fingerprint density at radius 3 is 2.07 bits per heavy atom. The molecule has 0 saturated carbocycles. The molecule has 1 rings (SSSR count). The quantitative estimate of drug-likeness (QED) is 0.591. The van der Waals surface area contributed by atoms with Crippen LogP contribution in [0.3, 0.4) is 0 Å². The van der Waals surface area contributed by atoms with E-state index in [4.69, 9.17) is 10.2 Å². The van der Waals surface area contributed by atoms with E-state index in [9.17, 15) is 4.79 Å². The fourth-order valence-corrected chi connectivity index (χ4v) is 2.23. The zero-order valence-electron chi connectivity index (χ0n) is 8.61. The number of carbonyl (C=O) groups is 1. The number of hydrogen-bond acceptors (Lipinski definition) is 3. The zero-order chi connectivity index (χ0) is 10.4. The number of likely N-dealkylation sites (tertiary alicyclic amines) is 1. The van der Waals surface area contributed by atoms with E-state index in [1.54, 1.807) is 0 Å². The predicted molar refractivity (Wildman–Crippen MR) is 52.5 cm³/mol. The Labute approximate surface area is 84.7 Å². The maximum atomic E-state index is 11.7. The number of quaternary nitrogens is 1. The summed E-state index contributed by atoms with van der Waals surface area (Å²) >= 11 is 0. The van der Waals surface area contributed by atoms with Crippen molar-refractivity contribution in [2.75, 3.05) is 32.8 Å². The number of hydrogen-bond donors (Lipinski definition) is 2. The minimum atomic E-state index is 0.145. The normalized spacial score (nSPS) is 20.3. The first-order chi connectivity index (χ1) is 6.75. The van der Waals surface area contributed by atoms with Gasteiger partial charge in [0.2, 0.25) is 0 Å². The maximum absolute atomic E-state index is 11.7. The van der Waals surface area contributed by atoms with Crippen molar-refractivity contribution in [3.8, 4) is 0 Å². The molecule has 0 aromatic rings. The van der Waals surface area contributed by atoms with Crippen LogP contribution < -0.4 is 0 Å². The molecule has 0 unspecified atom stereocenters. The van der Waals surface area contributed by atoms with Crippen molar-refractivity contribution in [3.63, 3.8) is 0 Å². The minimum absolute atomic E-state index is 0.145. The second kappa shape index (κ2) is 5.44. The smallest absolute Gasteiger partial charge is 0.313 e. The molecule has 1 saturated heterocycles. The van der Waals surface area contributed by atoms with Gasteiger partial charge in [0.25, 0.3) is 0 Å². The number of nitrogens with zero attached hydrogens (tertiary/aromatic N) is 1. The second-order valence-electron chi connectivity index (χ2n) is 3.97. The van der Waals surface area contributed by atoms with E-state index in [1.165, 1.54) is 0 Å². The molecule has 1 aliphatic heterocycles. The molecule has 14 heavy (non-hydrogen) atoms. The zero-order valence-corrected chi connectivity index (χ0v) is 8.61. The summed E-state index contributed by atoms with van der Waals surface area (Å²) < 4.78 is 0.487. The number of amides is 1. The Hall–Kier alpha value is -0.450. The Balaban J connectivity index is 2.53. The standard InChI is InChI=1S/C10H20NO3/c12-8-2-6-11(7-3-9-13)5-1-4-10(11)14/h12-13H,1-9H2/q+1. The van der Waals surface area contributed by atoms with Crippen LogP contribution >= 0.6 is 0 Å². The van der Waals surface area contributed by atoms with Gasteiger partial charge in [0.15, 0.2) is 0 Å². The largest absolute Gasteiger partial charge is 0.396 e. The van der Waals surface area contributed by atoms with Gasteiger partial charge >= 0.3 is 5.91 Å². The topological polar surface area (TPSA) is 57.5 Å². The Morgan fingerprint density at radius 1 is 1.14 bits per heavy atom. The summed E-state index contributed by atoms with van der Waals surface area (Å²) in [5, 5.41) is 17.6. The lowest BCUT2D eigenvalue weighted by Gasteiger charge is -2.31. The number of aliphatic hydroxyl groups is 2. The molecule has 4 heteroatoms. The lowest BCUT2D eigenvalue weighted by atomic mass is 10.3. The molecule has 0 aromatic heterocycles. The van der Waals surface area contributed by atoms with E-state index in [-0.39, 0.29) is 19.1 Å². The third-order valence-electron chi connectivity index (χ3n) is 2.99. The highest BCUT2D eigenvalue weighted by atomic mass is 16.3. The van der Waals surface area contributed by atoms with Crippen LogP contribution in [0.15, 0.2) is 0 Å². The van der Waals surface area contributed by atoms with E-state index >= 15 is 0 Å². The average Bonchev–Trinajstić information content (AvgIpc) is 2.55. The van der Waals surface area contributed by atoms with Crippen LogP contribution in [0.4, 0.5) is 0 Å². The van der Waals surface area contributed by atoms with Gasteiger partial charge in [-0.2, -0.15) is 0 Å².